The van der Waals surface area contributed by atoms with E-state index in [2.05, 4.69) is 10.1 Å². The fourth-order valence-electron chi connectivity index (χ4n) is 2.27. The molecule has 0 saturated heterocycles. The van der Waals surface area contributed by atoms with Crippen molar-refractivity contribution in [2.75, 3.05) is 0 Å². The summed E-state index contributed by atoms with van der Waals surface area (Å²) in [6.07, 6.45) is 4.93. The van der Waals surface area contributed by atoms with Gasteiger partial charge in [0.05, 0.1) is 12.5 Å². The van der Waals surface area contributed by atoms with E-state index in [1.54, 1.807) is 0 Å². The smallest absolute Gasteiger partial charge is 0.229 e. The van der Waals surface area contributed by atoms with Gasteiger partial charge in [-0.3, -0.25) is 0 Å². The Balaban J connectivity index is 1.92. The third-order valence-corrected chi connectivity index (χ3v) is 3.33. The summed E-state index contributed by atoms with van der Waals surface area (Å²) in [5, 5.41) is 13.9. The van der Waals surface area contributed by atoms with E-state index in [0.29, 0.717) is 18.2 Å². The third-order valence-electron chi connectivity index (χ3n) is 3.33. The lowest BCUT2D eigenvalue weighted by atomic mass is 9.98. The van der Waals surface area contributed by atoms with Crippen molar-refractivity contribution in [1.29, 1.82) is 0 Å². The zero-order valence-corrected chi connectivity index (χ0v) is 10.0. The second kappa shape index (κ2) is 4.95. The number of aliphatic hydroxyl groups is 1. The lowest BCUT2D eigenvalue weighted by Gasteiger charge is -2.14. The predicted octanol–water partition coefficient (Wildman–Crippen LogP) is 2.29. The van der Waals surface area contributed by atoms with E-state index in [0.717, 1.165) is 18.7 Å². The zero-order chi connectivity index (χ0) is 11.5. The lowest BCUT2D eigenvalue weighted by Crippen LogP contribution is -2.20. The van der Waals surface area contributed by atoms with Crippen molar-refractivity contribution < 1.29 is 9.63 Å². The van der Waals surface area contributed by atoms with Crippen LogP contribution in [0.25, 0.3) is 0 Å². The first kappa shape index (κ1) is 11.6. The molecule has 1 aliphatic rings. The first-order chi connectivity index (χ1) is 7.66. The number of hydrogen-bond donors (Lipinski definition) is 1. The standard InChI is InChI=1S/C12H20N2O2/c1-8(2)12-13-11(16-14-12)7-10(15)9-5-3-4-6-9/h8-10,15H,3-7H2,1-2H3. The Labute approximate surface area is 96.1 Å². The topological polar surface area (TPSA) is 59.2 Å². The molecule has 1 aliphatic carbocycles. The average molecular weight is 224 g/mol. The van der Waals surface area contributed by atoms with E-state index >= 15 is 0 Å². The van der Waals surface area contributed by atoms with E-state index in [4.69, 9.17) is 4.52 Å². The molecule has 0 aliphatic heterocycles. The molecule has 0 amide bonds. The Morgan fingerprint density at radius 3 is 2.62 bits per heavy atom. The number of nitrogens with zero attached hydrogens (tertiary/aromatic N) is 2. The summed E-state index contributed by atoms with van der Waals surface area (Å²) in [6.45, 7) is 4.06. The van der Waals surface area contributed by atoms with E-state index in [-0.39, 0.29) is 12.0 Å². The molecule has 1 heterocycles. The van der Waals surface area contributed by atoms with Crippen molar-refractivity contribution in [3.05, 3.63) is 11.7 Å². The van der Waals surface area contributed by atoms with Crippen molar-refractivity contribution in [3.8, 4) is 0 Å². The number of rotatable bonds is 4. The van der Waals surface area contributed by atoms with Gasteiger partial charge in [-0.2, -0.15) is 4.98 Å². The molecule has 1 unspecified atom stereocenters. The maximum absolute atomic E-state index is 10.0. The number of hydrogen-bond acceptors (Lipinski definition) is 4. The second-order valence-electron chi connectivity index (χ2n) is 5.02. The highest BCUT2D eigenvalue weighted by molar-refractivity contribution is 4.93. The van der Waals surface area contributed by atoms with Crippen LogP contribution in [0, 0.1) is 5.92 Å². The summed E-state index contributed by atoms with van der Waals surface area (Å²) in [5.41, 5.74) is 0. The minimum Gasteiger partial charge on any atom is -0.392 e. The number of aliphatic hydroxyl groups excluding tert-OH is 1. The molecule has 1 atom stereocenters. The van der Waals surface area contributed by atoms with Crippen LogP contribution in [-0.2, 0) is 6.42 Å². The van der Waals surface area contributed by atoms with Gasteiger partial charge in [-0.15, -0.1) is 0 Å². The van der Waals surface area contributed by atoms with Gasteiger partial charge in [-0.05, 0) is 18.8 Å². The van der Waals surface area contributed by atoms with Crippen LogP contribution in [0.1, 0.15) is 57.2 Å². The Bertz CT molecular complexity index is 330. The van der Waals surface area contributed by atoms with Crippen LogP contribution in [0.15, 0.2) is 4.52 Å². The summed E-state index contributed by atoms with van der Waals surface area (Å²) < 4.78 is 5.14. The fraction of sp³-hybridized carbons (Fsp3) is 0.833. The van der Waals surface area contributed by atoms with Gasteiger partial charge in [0.2, 0.25) is 5.89 Å². The van der Waals surface area contributed by atoms with Crippen molar-refractivity contribution >= 4 is 0 Å². The molecule has 1 fully saturated rings. The molecule has 2 rings (SSSR count). The molecule has 4 nitrogen and oxygen atoms in total. The largest absolute Gasteiger partial charge is 0.392 e. The highest BCUT2D eigenvalue weighted by Crippen LogP contribution is 2.29. The quantitative estimate of drug-likeness (QED) is 0.852. The summed E-state index contributed by atoms with van der Waals surface area (Å²) >= 11 is 0. The summed E-state index contributed by atoms with van der Waals surface area (Å²) in [4.78, 5) is 4.28. The van der Waals surface area contributed by atoms with Gasteiger partial charge < -0.3 is 9.63 Å². The molecule has 0 radical (unpaired) electrons. The molecule has 1 saturated carbocycles. The zero-order valence-electron chi connectivity index (χ0n) is 10.0. The minimum absolute atomic E-state index is 0.279. The van der Waals surface area contributed by atoms with Gasteiger partial charge in [0, 0.05) is 5.92 Å². The maximum Gasteiger partial charge on any atom is 0.229 e. The minimum atomic E-state index is -0.317. The molecule has 90 valence electrons. The number of aromatic nitrogens is 2. The summed E-state index contributed by atoms with van der Waals surface area (Å²) in [7, 11) is 0. The van der Waals surface area contributed by atoms with Crippen molar-refractivity contribution in [2.24, 2.45) is 5.92 Å². The Morgan fingerprint density at radius 1 is 1.38 bits per heavy atom. The van der Waals surface area contributed by atoms with E-state index in [1.165, 1.54) is 12.8 Å². The van der Waals surface area contributed by atoms with Crippen LogP contribution in [0.4, 0.5) is 0 Å². The van der Waals surface area contributed by atoms with Gasteiger partial charge in [0.15, 0.2) is 5.82 Å². The maximum atomic E-state index is 10.0. The molecule has 0 aromatic carbocycles. The average Bonchev–Trinajstić information content (AvgIpc) is 2.87. The van der Waals surface area contributed by atoms with Crippen molar-refractivity contribution in [1.82, 2.24) is 10.1 Å². The third kappa shape index (κ3) is 2.61. The molecule has 1 aromatic rings. The molecule has 0 bridgehead atoms. The predicted molar refractivity (Wildman–Crippen MR) is 60.1 cm³/mol. The molecule has 1 N–H and O–H groups in total. The summed E-state index contributed by atoms with van der Waals surface area (Å²) in [5.74, 6) is 2.01. The molecule has 1 aromatic heterocycles. The molecule has 16 heavy (non-hydrogen) atoms. The van der Waals surface area contributed by atoms with E-state index in [1.807, 2.05) is 13.8 Å². The van der Waals surface area contributed by atoms with Crippen LogP contribution >= 0.6 is 0 Å². The Kier molecular flexibility index (Phi) is 3.59. The van der Waals surface area contributed by atoms with E-state index in [9.17, 15) is 5.11 Å². The lowest BCUT2D eigenvalue weighted by molar-refractivity contribution is 0.102. The fourth-order valence-corrected chi connectivity index (χ4v) is 2.27. The van der Waals surface area contributed by atoms with Gasteiger partial charge in [0.25, 0.3) is 0 Å². The van der Waals surface area contributed by atoms with Crippen LogP contribution in [0.5, 0.6) is 0 Å². The van der Waals surface area contributed by atoms with Crippen LogP contribution in [0.3, 0.4) is 0 Å². The van der Waals surface area contributed by atoms with Crippen molar-refractivity contribution in [3.63, 3.8) is 0 Å². The van der Waals surface area contributed by atoms with E-state index < -0.39 is 0 Å². The first-order valence-electron chi connectivity index (χ1n) is 6.17. The van der Waals surface area contributed by atoms with Crippen LogP contribution in [-0.4, -0.2) is 21.4 Å². The van der Waals surface area contributed by atoms with Gasteiger partial charge in [-0.1, -0.05) is 31.8 Å². The molecule has 4 heteroatoms. The SMILES string of the molecule is CC(C)c1noc(CC(O)C2CCCC2)n1. The highest BCUT2D eigenvalue weighted by Gasteiger charge is 2.25. The highest BCUT2D eigenvalue weighted by atomic mass is 16.5. The van der Waals surface area contributed by atoms with Crippen molar-refractivity contribution in [2.45, 2.75) is 58.0 Å². The van der Waals surface area contributed by atoms with Crippen LogP contribution < -0.4 is 0 Å². The second-order valence-corrected chi connectivity index (χ2v) is 5.02. The van der Waals surface area contributed by atoms with Gasteiger partial charge in [-0.25, -0.2) is 0 Å². The van der Waals surface area contributed by atoms with Crippen LogP contribution in [0.2, 0.25) is 0 Å². The molecule has 0 spiro atoms. The Hall–Kier alpha value is -0.900. The Morgan fingerprint density at radius 2 is 2.06 bits per heavy atom. The van der Waals surface area contributed by atoms with Gasteiger partial charge >= 0.3 is 0 Å². The molecular weight excluding hydrogens is 204 g/mol. The monoisotopic (exact) mass is 224 g/mol. The molecular formula is C12H20N2O2. The first-order valence-corrected chi connectivity index (χ1v) is 6.17. The summed E-state index contributed by atoms with van der Waals surface area (Å²) in [6, 6.07) is 0. The van der Waals surface area contributed by atoms with Gasteiger partial charge in [0.1, 0.15) is 0 Å². The normalized spacial score (nSPS) is 19.5.